The van der Waals surface area contributed by atoms with Crippen LogP contribution in [-0.2, 0) is 0 Å². The molecule has 2 atom stereocenters. The largest absolute Gasteiger partial charge is 0.264 e. The van der Waals surface area contributed by atoms with E-state index in [2.05, 4.69) is 0 Å². The predicted molar refractivity (Wildman–Crippen MR) is 46.2 cm³/mol. The van der Waals surface area contributed by atoms with Crippen LogP contribution in [0.15, 0.2) is 0 Å². The van der Waals surface area contributed by atoms with Crippen molar-refractivity contribution >= 4 is 7.85 Å². The Bertz CT molecular complexity index is 151. The Kier molecular flexibility index (Phi) is 2.91. The molecule has 11 heavy (non-hydrogen) atoms. The van der Waals surface area contributed by atoms with Gasteiger partial charge in [-0.1, -0.05) is 19.3 Å². The standard InChI is InChI=1S/C7H14BNO2/c8-6-4-2-1-3-5-7(6)9(10)11/h6-7H,1-5,8H2. The zero-order chi connectivity index (χ0) is 8.27. The smallest absolute Gasteiger partial charge is 0.208 e. The highest BCUT2D eigenvalue weighted by molar-refractivity contribution is 6.12. The van der Waals surface area contributed by atoms with Crippen LogP contribution in [0.4, 0.5) is 0 Å². The Morgan fingerprint density at radius 3 is 2.55 bits per heavy atom. The Labute approximate surface area is 67.7 Å². The van der Waals surface area contributed by atoms with Gasteiger partial charge in [0.25, 0.3) is 0 Å². The van der Waals surface area contributed by atoms with E-state index in [1.54, 1.807) is 0 Å². The van der Waals surface area contributed by atoms with Crippen LogP contribution in [0, 0.1) is 10.1 Å². The summed E-state index contributed by atoms with van der Waals surface area (Å²) in [5.74, 6) is 0.285. The van der Waals surface area contributed by atoms with Crippen molar-refractivity contribution in [3.63, 3.8) is 0 Å². The second-order valence-electron chi connectivity index (χ2n) is 3.47. The van der Waals surface area contributed by atoms with Gasteiger partial charge in [0.1, 0.15) is 7.85 Å². The fraction of sp³-hybridized carbons (Fsp3) is 1.00. The van der Waals surface area contributed by atoms with E-state index in [0.717, 1.165) is 19.3 Å². The van der Waals surface area contributed by atoms with Crippen LogP contribution in [0.5, 0.6) is 0 Å². The average molecular weight is 155 g/mol. The summed E-state index contributed by atoms with van der Waals surface area (Å²) < 4.78 is 0. The van der Waals surface area contributed by atoms with Crippen LogP contribution < -0.4 is 0 Å². The molecule has 0 aliphatic heterocycles. The molecule has 0 bridgehead atoms. The van der Waals surface area contributed by atoms with Crippen molar-refractivity contribution in [1.29, 1.82) is 0 Å². The Morgan fingerprint density at radius 2 is 1.91 bits per heavy atom. The average Bonchev–Trinajstić information content (AvgIpc) is 2.13. The van der Waals surface area contributed by atoms with Gasteiger partial charge in [-0.25, -0.2) is 0 Å². The van der Waals surface area contributed by atoms with Gasteiger partial charge >= 0.3 is 0 Å². The fourth-order valence-electron chi connectivity index (χ4n) is 1.79. The lowest BCUT2D eigenvalue weighted by molar-refractivity contribution is -0.523. The molecule has 1 saturated carbocycles. The Balaban J connectivity index is 2.52. The van der Waals surface area contributed by atoms with Crippen molar-refractivity contribution in [3.8, 4) is 0 Å². The van der Waals surface area contributed by atoms with Crippen molar-refractivity contribution in [2.75, 3.05) is 0 Å². The van der Waals surface area contributed by atoms with Gasteiger partial charge in [-0.05, 0) is 12.2 Å². The minimum atomic E-state index is -0.266. The van der Waals surface area contributed by atoms with Gasteiger partial charge in [0.15, 0.2) is 0 Å². The van der Waals surface area contributed by atoms with E-state index in [4.69, 9.17) is 0 Å². The normalized spacial score (nSPS) is 32.7. The molecular weight excluding hydrogens is 141 g/mol. The number of nitrogens with zero attached hydrogens (tertiary/aromatic N) is 1. The van der Waals surface area contributed by atoms with Gasteiger partial charge in [0.05, 0.1) is 0 Å². The molecule has 4 heteroatoms. The van der Waals surface area contributed by atoms with Gasteiger partial charge in [-0.2, -0.15) is 0 Å². The van der Waals surface area contributed by atoms with Crippen LogP contribution in [0.1, 0.15) is 32.1 Å². The van der Waals surface area contributed by atoms with Gasteiger partial charge in [0.2, 0.25) is 6.04 Å². The van der Waals surface area contributed by atoms with Gasteiger partial charge in [-0.15, -0.1) is 0 Å². The number of hydrogen-bond acceptors (Lipinski definition) is 2. The summed E-state index contributed by atoms with van der Waals surface area (Å²) in [5, 5.41) is 10.5. The third-order valence-electron chi connectivity index (χ3n) is 2.59. The molecule has 0 N–H and O–H groups in total. The number of hydrogen-bond donors (Lipinski definition) is 0. The van der Waals surface area contributed by atoms with Gasteiger partial charge < -0.3 is 0 Å². The monoisotopic (exact) mass is 155 g/mol. The van der Waals surface area contributed by atoms with Crippen LogP contribution in [0.2, 0.25) is 5.82 Å². The van der Waals surface area contributed by atoms with E-state index in [0.29, 0.717) is 0 Å². The molecule has 0 saturated heterocycles. The first kappa shape index (κ1) is 8.56. The molecule has 0 aromatic heterocycles. The van der Waals surface area contributed by atoms with Gasteiger partial charge in [-0.3, -0.25) is 10.1 Å². The van der Waals surface area contributed by atoms with E-state index in [-0.39, 0.29) is 16.8 Å². The van der Waals surface area contributed by atoms with Gasteiger partial charge in [0, 0.05) is 11.3 Å². The van der Waals surface area contributed by atoms with Crippen LogP contribution >= 0.6 is 0 Å². The summed E-state index contributed by atoms with van der Waals surface area (Å²) in [6.07, 6.45) is 5.20. The van der Waals surface area contributed by atoms with Crippen molar-refractivity contribution in [2.24, 2.45) is 0 Å². The highest BCUT2D eigenvalue weighted by atomic mass is 16.6. The summed E-state index contributed by atoms with van der Waals surface area (Å²) in [5.41, 5.74) is 0. The van der Waals surface area contributed by atoms with E-state index in [9.17, 15) is 10.1 Å². The lowest BCUT2D eigenvalue weighted by atomic mass is 9.78. The van der Waals surface area contributed by atoms with Crippen molar-refractivity contribution in [2.45, 2.75) is 44.0 Å². The molecule has 1 aliphatic rings. The third kappa shape index (κ3) is 2.21. The number of rotatable bonds is 1. The molecule has 62 valence electrons. The summed E-state index contributed by atoms with van der Waals surface area (Å²) in [6.45, 7) is 0. The van der Waals surface area contributed by atoms with Crippen LogP contribution in [0.3, 0.4) is 0 Å². The molecule has 1 aliphatic carbocycles. The fourth-order valence-corrected chi connectivity index (χ4v) is 1.79. The van der Waals surface area contributed by atoms with Crippen molar-refractivity contribution in [1.82, 2.24) is 0 Å². The minimum Gasteiger partial charge on any atom is -0.264 e. The first-order chi connectivity index (χ1) is 5.22. The van der Waals surface area contributed by atoms with Crippen molar-refractivity contribution in [3.05, 3.63) is 10.1 Å². The summed E-state index contributed by atoms with van der Waals surface area (Å²) in [6, 6.07) is -0.266. The minimum absolute atomic E-state index is 0.101. The topological polar surface area (TPSA) is 43.1 Å². The molecule has 0 aromatic rings. The lowest BCUT2D eigenvalue weighted by Gasteiger charge is -2.12. The third-order valence-corrected chi connectivity index (χ3v) is 2.59. The Hall–Kier alpha value is -0.535. The first-order valence-corrected chi connectivity index (χ1v) is 4.35. The highest BCUT2D eigenvalue weighted by Gasteiger charge is 2.28. The molecule has 0 heterocycles. The molecule has 0 spiro atoms. The first-order valence-electron chi connectivity index (χ1n) is 4.35. The second kappa shape index (κ2) is 3.74. The molecule has 0 aromatic carbocycles. The summed E-state index contributed by atoms with van der Waals surface area (Å²) >= 11 is 0. The molecular formula is C7H14BNO2. The number of nitro groups is 1. The van der Waals surface area contributed by atoms with E-state index < -0.39 is 0 Å². The van der Waals surface area contributed by atoms with Crippen LogP contribution in [0.25, 0.3) is 0 Å². The van der Waals surface area contributed by atoms with E-state index >= 15 is 0 Å². The molecule has 1 rings (SSSR count). The zero-order valence-electron chi connectivity index (χ0n) is 6.95. The lowest BCUT2D eigenvalue weighted by Crippen LogP contribution is -2.24. The predicted octanol–water partition coefficient (Wildman–Crippen LogP) is 1.02. The molecule has 1 fully saturated rings. The maximum Gasteiger partial charge on any atom is 0.208 e. The summed E-state index contributed by atoms with van der Waals surface area (Å²) in [4.78, 5) is 10.4. The van der Waals surface area contributed by atoms with E-state index in [1.807, 2.05) is 7.85 Å². The Morgan fingerprint density at radius 1 is 1.27 bits per heavy atom. The van der Waals surface area contributed by atoms with Crippen LogP contribution in [-0.4, -0.2) is 18.8 Å². The quantitative estimate of drug-likeness (QED) is 0.245. The van der Waals surface area contributed by atoms with E-state index in [1.165, 1.54) is 12.8 Å². The molecule has 0 radical (unpaired) electrons. The zero-order valence-corrected chi connectivity index (χ0v) is 6.95. The highest BCUT2D eigenvalue weighted by Crippen LogP contribution is 2.26. The molecule has 2 unspecified atom stereocenters. The van der Waals surface area contributed by atoms with Crippen molar-refractivity contribution < 1.29 is 4.92 Å². The summed E-state index contributed by atoms with van der Waals surface area (Å²) in [7, 11) is 2.00. The second-order valence-corrected chi connectivity index (χ2v) is 3.47. The molecule has 0 amide bonds. The maximum absolute atomic E-state index is 10.5. The molecule has 3 nitrogen and oxygen atoms in total. The SMILES string of the molecule is BC1CCCCCC1[N+](=O)[O-]. The maximum atomic E-state index is 10.5.